The molecule has 0 spiro atoms. The van der Waals surface area contributed by atoms with Gasteiger partial charge in [0.25, 0.3) is 0 Å². The summed E-state index contributed by atoms with van der Waals surface area (Å²) in [5.74, 6) is 0. The van der Waals surface area contributed by atoms with E-state index in [9.17, 15) is 0 Å². The largest absolute Gasteiger partial charge is 0.384 e. The summed E-state index contributed by atoms with van der Waals surface area (Å²) in [6.07, 6.45) is 6.47. The van der Waals surface area contributed by atoms with E-state index in [0.29, 0.717) is 0 Å². The molecule has 0 saturated carbocycles. The zero-order chi connectivity index (χ0) is 6.24. The molecule has 0 fully saturated rings. The second-order valence-corrected chi connectivity index (χ2v) is 1.66. The molecule has 48 valence electrons. The first-order valence-electron chi connectivity index (χ1n) is 3.05. The molecule has 0 aliphatic heterocycles. The Kier molecular flexibility index (Phi) is 6.45. The fraction of sp³-hybridized carbons (Fsp3) is 0.714. The molecule has 1 nitrogen and oxygen atoms in total. The number of ether oxygens (including phenoxy) is 1. The quantitative estimate of drug-likeness (QED) is 0.401. The maximum Gasteiger partial charge on any atom is 0.0496 e. The number of hydrogen-bond acceptors (Lipinski definition) is 1. The molecule has 0 heterocycles. The second-order valence-electron chi connectivity index (χ2n) is 1.66. The van der Waals surface area contributed by atoms with Crippen LogP contribution in [-0.2, 0) is 4.74 Å². The van der Waals surface area contributed by atoms with Crippen LogP contribution in [0.2, 0.25) is 0 Å². The molecule has 0 aromatic rings. The van der Waals surface area contributed by atoms with Gasteiger partial charge in [-0.2, -0.15) is 0 Å². The highest BCUT2D eigenvalue weighted by atomic mass is 16.5. The monoisotopic (exact) mass is 114 g/mol. The molecule has 0 N–H and O–H groups in total. The van der Waals surface area contributed by atoms with Gasteiger partial charge < -0.3 is 4.74 Å². The van der Waals surface area contributed by atoms with Gasteiger partial charge in [0.05, 0.1) is 0 Å². The zero-order valence-electron chi connectivity index (χ0n) is 5.68. The maximum atomic E-state index is 4.84. The Hall–Kier alpha value is -0.300. The minimum Gasteiger partial charge on any atom is -0.384 e. The van der Waals surface area contributed by atoms with Crippen molar-refractivity contribution in [3.63, 3.8) is 0 Å². The van der Waals surface area contributed by atoms with Crippen molar-refractivity contribution in [2.75, 3.05) is 13.7 Å². The maximum absolute atomic E-state index is 4.84. The lowest BCUT2D eigenvalue weighted by molar-refractivity contribution is 0.204. The zero-order valence-corrected chi connectivity index (χ0v) is 5.68. The van der Waals surface area contributed by atoms with Crippen LogP contribution in [0.25, 0.3) is 0 Å². The highest BCUT2D eigenvalue weighted by Crippen LogP contribution is 1.85. The Morgan fingerprint density at radius 1 is 1.38 bits per heavy atom. The van der Waals surface area contributed by atoms with Gasteiger partial charge in [0, 0.05) is 13.7 Å². The molecule has 0 bridgehead atoms. The number of rotatable bonds is 4. The van der Waals surface area contributed by atoms with Crippen molar-refractivity contribution in [2.24, 2.45) is 0 Å². The first kappa shape index (κ1) is 7.70. The van der Waals surface area contributed by atoms with Crippen LogP contribution in [-0.4, -0.2) is 13.7 Å². The predicted molar refractivity (Wildman–Crippen MR) is 35.9 cm³/mol. The summed E-state index contributed by atoms with van der Waals surface area (Å²) in [6, 6.07) is 0. The van der Waals surface area contributed by atoms with Gasteiger partial charge in [-0.25, -0.2) is 0 Å². The van der Waals surface area contributed by atoms with Crippen molar-refractivity contribution < 1.29 is 4.74 Å². The van der Waals surface area contributed by atoms with Crippen LogP contribution >= 0.6 is 0 Å². The molecule has 0 aliphatic rings. The van der Waals surface area contributed by atoms with E-state index in [-0.39, 0.29) is 0 Å². The van der Waals surface area contributed by atoms with E-state index >= 15 is 0 Å². The lowest BCUT2D eigenvalue weighted by Gasteiger charge is -1.88. The third kappa shape index (κ3) is 5.70. The molecular weight excluding hydrogens is 100 g/mol. The first-order valence-corrected chi connectivity index (χ1v) is 3.05. The smallest absolute Gasteiger partial charge is 0.0496 e. The van der Waals surface area contributed by atoms with E-state index in [1.165, 1.54) is 0 Å². The summed E-state index contributed by atoms with van der Waals surface area (Å²) < 4.78 is 4.84. The van der Waals surface area contributed by atoms with Crippen molar-refractivity contribution in [1.82, 2.24) is 0 Å². The third-order valence-corrected chi connectivity index (χ3v) is 0.891. The Morgan fingerprint density at radius 2 is 2.12 bits per heavy atom. The molecule has 0 amide bonds. The molecule has 1 heteroatoms. The molecule has 0 radical (unpaired) electrons. The van der Waals surface area contributed by atoms with Gasteiger partial charge >= 0.3 is 0 Å². The Morgan fingerprint density at radius 3 is 2.62 bits per heavy atom. The fourth-order valence-electron chi connectivity index (χ4n) is 0.470. The molecular formula is C7H14O. The average molecular weight is 114 g/mol. The standard InChI is InChI=1S/C7H14O/c1-3-4-5-6-7-8-2/h4-5H,3,6-7H2,1-2H3. The van der Waals surface area contributed by atoms with Crippen LogP contribution in [0.4, 0.5) is 0 Å². The Labute approximate surface area is 51.4 Å². The molecule has 0 unspecified atom stereocenters. The van der Waals surface area contributed by atoms with Crippen LogP contribution in [0, 0.1) is 0 Å². The molecule has 0 rings (SSSR count). The number of hydrogen-bond donors (Lipinski definition) is 0. The Bertz CT molecular complexity index is 57.4. The molecule has 0 aromatic carbocycles. The summed E-state index contributed by atoms with van der Waals surface area (Å²) >= 11 is 0. The van der Waals surface area contributed by atoms with Crippen molar-refractivity contribution in [3.05, 3.63) is 12.2 Å². The number of methoxy groups -OCH3 is 1. The van der Waals surface area contributed by atoms with Crippen LogP contribution in [0.5, 0.6) is 0 Å². The highest BCUT2D eigenvalue weighted by molar-refractivity contribution is 4.79. The first-order chi connectivity index (χ1) is 3.91. The van der Waals surface area contributed by atoms with Crippen molar-refractivity contribution in [1.29, 1.82) is 0 Å². The van der Waals surface area contributed by atoms with Gasteiger partial charge in [0.1, 0.15) is 0 Å². The van der Waals surface area contributed by atoms with E-state index in [4.69, 9.17) is 4.74 Å². The van der Waals surface area contributed by atoms with Gasteiger partial charge in [-0.1, -0.05) is 19.1 Å². The Balaban J connectivity index is 2.80. The molecule has 0 aliphatic carbocycles. The molecule has 0 aromatic heterocycles. The van der Waals surface area contributed by atoms with Gasteiger partial charge in [-0.05, 0) is 12.8 Å². The van der Waals surface area contributed by atoms with E-state index in [1.54, 1.807) is 7.11 Å². The molecule has 8 heavy (non-hydrogen) atoms. The van der Waals surface area contributed by atoms with Gasteiger partial charge in [0.15, 0.2) is 0 Å². The van der Waals surface area contributed by atoms with Gasteiger partial charge in [0.2, 0.25) is 0 Å². The van der Waals surface area contributed by atoms with Gasteiger partial charge in [-0.15, -0.1) is 0 Å². The topological polar surface area (TPSA) is 9.23 Å². The predicted octanol–water partition coefficient (Wildman–Crippen LogP) is 1.99. The van der Waals surface area contributed by atoms with Crippen molar-refractivity contribution in [2.45, 2.75) is 19.8 Å². The fourth-order valence-corrected chi connectivity index (χ4v) is 0.470. The third-order valence-electron chi connectivity index (χ3n) is 0.891. The summed E-state index contributed by atoms with van der Waals surface area (Å²) in [5, 5.41) is 0. The van der Waals surface area contributed by atoms with E-state index in [0.717, 1.165) is 19.4 Å². The lowest BCUT2D eigenvalue weighted by atomic mass is 10.3. The van der Waals surface area contributed by atoms with Crippen LogP contribution in [0.15, 0.2) is 12.2 Å². The summed E-state index contributed by atoms with van der Waals surface area (Å²) in [6.45, 7) is 2.97. The SMILES string of the molecule is CCC=CCCOC. The average Bonchev–Trinajstić information content (AvgIpc) is 1.81. The second kappa shape index (κ2) is 6.70. The van der Waals surface area contributed by atoms with Crippen LogP contribution in [0.1, 0.15) is 19.8 Å². The van der Waals surface area contributed by atoms with Crippen LogP contribution < -0.4 is 0 Å². The highest BCUT2D eigenvalue weighted by Gasteiger charge is 1.73. The minimum atomic E-state index is 0.844. The van der Waals surface area contributed by atoms with E-state index < -0.39 is 0 Å². The molecule has 0 saturated heterocycles. The van der Waals surface area contributed by atoms with Crippen molar-refractivity contribution >= 4 is 0 Å². The molecule has 0 atom stereocenters. The normalized spacial score (nSPS) is 10.8. The summed E-state index contributed by atoms with van der Waals surface area (Å²) in [4.78, 5) is 0. The lowest BCUT2D eigenvalue weighted by Crippen LogP contribution is -1.82. The summed E-state index contributed by atoms with van der Waals surface area (Å²) in [7, 11) is 1.72. The van der Waals surface area contributed by atoms with Crippen LogP contribution in [0.3, 0.4) is 0 Å². The minimum absolute atomic E-state index is 0.844. The van der Waals surface area contributed by atoms with Gasteiger partial charge in [-0.3, -0.25) is 0 Å². The van der Waals surface area contributed by atoms with E-state index in [1.807, 2.05) is 0 Å². The summed E-state index contributed by atoms with van der Waals surface area (Å²) in [5.41, 5.74) is 0. The number of allylic oxidation sites excluding steroid dienone is 1. The van der Waals surface area contributed by atoms with E-state index in [2.05, 4.69) is 19.1 Å². The van der Waals surface area contributed by atoms with Crippen molar-refractivity contribution in [3.8, 4) is 0 Å².